The van der Waals surface area contributed by atoms with Crippen molar-refractivity contribution in [2.45, 2.75) is 42.9 Å². The molecule has 1 fully saturated rings. The summed E-state index contributed by atoms with van der Waals surface area (Å²) in [6.45, 7) is 3.66. The van der Waals surface area contributed by atoms with Crippen molar-refractivity contribution in [2.24, 2.45) is 0 Å². The third kappa shape index (κ3) is 2.26. The molecule has 0 saturated carbocycles. The molecule has 0 amide bonds. The van der Waals surface area contributed by atoms with Crippen LogP contribution in [0.4, 0.5) is 0 Å². The largest absolute Gasteiger partial charge is 0.480 e. The van der Waals surface area contributed by atoms with Gasteiger partial charge in [0.05, 0.1) is 4.34 Å². The van der Waals surface area contributed by atoms with Gasteiger partial charge in [-0.25, -0.2) is 8.42 Å². The number of rotatable bonds is 4. The minimum absolute atomic E-state index is 0.112. The zero-order valence-electron chi connectivity index (χ0n) is 11.2. The van der Waals surface area contributed by atoms with E-state index in [9.17, 15) is 18.3 Å². The van der Waals surface area contributed by atoms with Gasteiger partial charge in [0.25, 0.3) is 10.0 Å². The molecule has 2 rings (SSSR count). The number of sulfonamides is 1. The Morgan fingerprint density at radius 2 is 2.25 bits per heavy atom. The zero-order valence-corrected chi connectivity index (χ0v) is 13.6. The zero-order chi connectivity index (χ0) is 15.1. The number of thiophene rings is 1. The topological polar surface area (TPSA) is 74.7 Å². The average Bonchev–Trinajstić information content (AvgIpc) is 2.95. The van der Waals surface area contributed by atoms with Crippen LogP contribution in [0.3, 0.4) is 0 Å². The second-order valence-corrected chi connectivity index (χ2v) is 8.64. The Bertz CT molecular complexity index is 620. The van der Waals surface area contributed by atoms with E-state index >= 15 is 0 Å². The van der Waals surface area contributed by atoms with Gasteiger partial charge in [-0.1, -0.05) is 18.5 Å². The SMILES string of the molecule is CCC1(C(=O)O)CCCN1S(=O)(=O)c1cc(C)c(Cl)s1. The normalized spacial score (nSPS) is 24.1. The van der Waals surface area contributed by atoms with Crippen molar-refractivity contribution < 1.29 is 18.3 Å². The number of nitrogens with zero attached hydrogens (tertiary/aromatic N) is 1. The Morgan fingerprint density at radius 1 is 1.60 bits per heavy atom. The lowest BCUT2D eigenvalue weighted by molar-refractivity contribution is -0.147. The molecule has 0 aliphatic carbocycles. The summed E-state index contributed by atoms with van der Waals surface area (Å²) in [5.41, 5.74) is -0.643. The van der Waals surface area contributed by atoms with Crippen LogP contribution in [-0.4, -0.2) is 35.9 Å². The summed E-state index contributed by atoms with van der Waals surface area (Å²) < 4.78 is 27.0. The molecule has 8 heteroatoms. The molecule has 0 spiro atoms. The van der Waals surface area contributed by atoms with Crippen molar-refractivity contribution >= 4 is 38.9 Å². The molecule has 0 bridgehead atoms. The first kappa shape index (κ1) is 15.8. The quantitative estimate of drug-likeness (QED) is 0.916. The number of hydrogen-bond donors (Lipinski definition) is 1. The van der Waals surface area contributed by atoms with E-state index in [1.807, 2.05) is 0 Å². The third-order valence-corrected chi connectivity index (χ3v) is 7.76. The smallest absolute Gasteiger partial charge is 0.325 e. The fourth-order valence-electron chi connectivity index (χ4n) is 2.59. The van der Waals surface area contributed by atoms with Crippen LogP contribution >= 0.6 is 22.9 Å². The van der Waals surface area contributed by atoms with Gasteiger partial charge in [0.1, 0.15) is 9.75 Å². The number of hydrogen-bond acceptors (Lipinski definition) is 4. The first-order valence-electron chi connectivity index (χ1n) is 6.28. The first-order valence-corrected chi connectivity index (χ1v) is 8.91. The number of aliphatic carboxylic acids is 1. The van der Waals surface area contributed by atoms with E-state index in [1.54, 1.807) is 13.8 Å². The van der Waals surface area contributed by atoms with Crippen LogP contribution in [0.15, 0.2) is 10.3 Å². The highest BCUT2D eigenvalue weighted by Gasteiger charge is 2.52. The second-order valence-electron chi connectivity index (χ2n) is 4.89. The van der Waals surface area contributed by atoms with Crippen molar-refractivity contribution in [2.75, 3.05) is 6.54 Å². The number of carbonyl (C=O) groups is 1. The van der Waals surface area contributed by atoms with Gasteiger partial charge >= 0.3 is 5.97 Å². The molecule has 5 nitrogen and oxygen atoms in total. The Morgan fingerprint density at radius 3 is 2.70 bits per heavy atom. The maximum Gasteiger partial charge on any atom is 0.325 e. The van der Waals surface area contributed by atoms with E-state index in [2.05, 4.69) is 0 Å². The fourth-order valence-corrected chi connectivity index (χ4v) is 6.28. The molecule has 20 heavy (non-hydrogen) atoms. The van der Waals surface area contributed by atoms with Crippen LogP contribution in [0.5, 0.6) is 0 Å². The van der Waals surface area contributed by atoms with Crippen LogP contribution in [0.25, 0.3) is 0 Å². The van der Waals surface area contributed by atoms with Crippen molar-refractivity contribution in [1.82, 2.24) is 4.31 Å². The molecule has 1 N–H and O–H groups in total. The summed E-state index contributed by atoms with van der Waals surface area (Å²) in [6.07, 6.45) is 1.15. The number of carboxylic acids is 1. The summed E-state index contributed by atoms with van der Waals surface area (Å²) >= 11 is 6.90. The lowest BCUT2D eigenvalue weighted by atomic mass is 9.95. The summed E-state index contributed by atoms with van der Waals surface area (Å²) in [5.74, 6) is -1.08. The van der Waals surface area contributed by atoms with Gasteiger partial charge in [-0.3, -0.25) is 4.79 Å². The van der Waals surface area contributed by atoms with Crippen LogP contribution < -0.4 is 0 Å². The maximum atomic E-state index is 12.7. The molecule has 1 atom stereocenters. The predicted molar refractivity (Wildman–Crippen MR) is 77.8 cm³/mol. The molecule has 1 unspecified atom stereocenters. The lowest BCUT2D eigenvalue weighted by Crippen LogP contribution is -2.52. The van der Waals surface area contributed by atoms with Crippen LogP contribution in [0.2, 0.25) is 4.34 Å². The summed E-state index contributed by atoms with van der Waals surface area (Å²) in [5, 5.41) is 9.48. The Kier molecular flexibility index (Phi) is 4.17. The molecule has 112 valence electrons. The average molecular weight is 338 g/mol. The first-order chi connectivity index (χ1) is 9.25. The van der Waals surface area contributed by atoms with Crippen molar-refractivity contribution in [3.05, 3.63) is 16.0 Å². The monoisotopic (exact) mass is 337 g/mol. The molecule has 1 saturated heterocycles. The molecule has 1 aromatic heterocycles. The maximum absolute atomic E-state index is 12.7. The van der Waals surface area contributed by atoms with Gasteiger partial charge in [0, 0.05) is 6.54 Å². The van der Waals surface area contributed by atoms with E-state index in [0.717, 1.165) is 15.6 Å². The van der Waals surface area contributed by atoms with E-state index < -0.39 is 21.5 Å². The Labute approximate surface area is 127 Å². The molecule has 0 aromatic carbocycles. The van der Waals surface area contributed by atoms with Gasteiger partial charge in [-0.2, -0.15) is 4.31 Å². The summed E-state index contributed by atoms with van der Waals surface area (Å²) in [6, 6.07) is 1.50. The van der Waals surface area contributed by atoms with E-state index in [1.165, 1.54) is 6.07 Å². The molecule has 1 aliphatic rings. The van der Waals surface area contributed by atoms with E-state index in [0.29, 0.717) is 22.7 Å². The molecule has 1 aliphatic heterocycles. The minimum Gasteiger partial charge on any atom is -0.480 e. The summed E-state index contributed by atoms with van der Waals surface area (Å²) in [7, 11) is -3.82. The molecule has 0 radical (unpaired) electrons. The lowest BCUT2D eigenvalue weighted by Gasteiger charge is -2.32. The van der Waals surface area contributed by atoms with E-state index in [-0.39, 0.29) is 17.2 Å². The summed E-state index contributed by atoms with van der Waals surface area (Å²) in [4.78, 5) is 11.6. The van der Waals surface area contributed by atoms with Gasteiger partial charge in [-0.15, -0.1) is 11.3 Å². The van der Waals surface area contributed by atoms with Crippen molar-refractivity contribution in [1.29, 1.82) is 0 Å². The molecule has 2 heterocycles. The highest BCUT2D eigenvalue weighted by molar-refractivity contribution is 7.91. The van der Waals surface area contributed by atoms with Crippen LogP contribution in [0.1, 0.15) is 31.7 Å². The Balaban J connectivity index is 2.51. The highest BCUT2D eigenvalue weighted by atomic mass is 35.5. The highest BCUT2D eigenvalue weighted by Crippen LogP contribution is 2.40. The number of aryl methyl sites for hydroxylation is 1. The van der Waals surface area contributed by atoms with E-state index in [4.69, 9.17) is 11.6 Å². The number of carboxylic acid groups (broad SMARTS) is 1. The second kappa shape index (κ2) is 5.29. The number of halogens is 1. The predicted octanol–water partition coefficient (Wildman–Crippen LogP) is 2.73. The Hall–Kier alpha value is -0.630. The van der Waals surface area contributed by atoms with Gasteiger partial charge in [-0.05, 0) is 37.8 Å². The van der Waals surface area contributed by atoms with Gasteiger partial charge < -0.3 is 5.11 Å². The van der Waals surface area contributed by atoms with Crippen molar-refractivity contribution in [3.63, 3.8) is 0 Å². The van der Waals surface area contributed by atoms with Crippen LogP contribution in [0, 0.1) is 6.92 Å². The van der Waals surface area contributed by atoms with Crippen molar-refractivity contribution in [3.8, 4) is 0 Å². The van der Waals surface area contributed by atoms with Gasteiger partial charge in [0.15, 0.2) is 0 Å². The molecular weight excluding hydrogens is 322 g/mol. The van der Waals surface area contributed by atoms with Crippen LogP contribution in [-0.2, 0) is 14.8 Å². The third-order valence-electron chi connectivity index (χ3n) is 3.79. The standard InChI is InChI=1S/C12H16ClNO4S2/c1-3-12(11(15)16)5-4-6-14(12)20(17,18)9-7-8(2)10(13)19-9/h7H,3-6H2,1-2H3,(H,15,16). The minimum atomic E-state index is -3.82. The molecule has 1 aromatic rings. The van der Waals surface area contributed by atoms with Gasteiger partial charge in [0.2, 0.25) is 0 Å². The fraction of sp³-hybridized carbons (Fsp3) is 0.583. The molecular formula is C12H16ClNO4S2.